The van der Waals surface area contributed by atoms with Crippen molar-refractivity contribution in [2.24, 2.45) is 0 Å². The Balaban J connectivity index is 1.23. The molecule has 0 heterocycles. The first-order valence-electron chi connectivity index (χ1n) is 14.8. The average Bonchev–Trinajstić information content (AvgIpc) is 3.08. The van der Waals surface area contributed by atoms with Crippen molar-refractivity contribution in [3.63, 3.8) is 0 Å². The van der Waals surface area contributed by atoms with Gasteiger partial charge >= 0.3 is 6.09 Å². The number of hydrogen-bond acceptors (Lipinski definition) is 8. The number of aromatic hydroxyl groups is 1. The summed E-state index contributed by atoms with van der Waals surface area (Å²) >= 11 is 0. The van der Waals surface area contributed by atoms with Crippen LogP contribution in [-0.2, 0) is 18.0 Å². The highest BCUT2D eigenvalue weighted by Crippen LogP contribution is 2.26. The lowest BCUT2D eigenvalue weighted by Crippen LogP contribution is -2.36. The fraction of sp³-hybridized carbons (Fsp3) is 0.176. The smallest absolute Gasteiger partial charge is 0.407 e. The van der Waals surface area contributed by atoms with Crippen LogP contribution < -0.4 is 30.7 Å². The fourth-order valence-corrected chi connectivity index (χ4v) is 4.27. The molecule has 4 rings (SSSR count). The Labute approximate surface area is 272 Å². The van der Waals surface area contributed by atoms with Gasteiger partial charge in [-0.2, -0.15) is 0 Å². The molecule has 5 N–H and O–H groups in total. The van der Waals surface area contributed by atoms with Crippen molar-refractivity contribution in [2.45, 2.75) is 13.2 Å². The number of nitrogens with one attached hydrogen (secondary N) is 4. The van der Waals surface area contributed by atoms with Gasteiger partial charge in [0.2, 0.25) is 7.85 Å². The molecule has 0 bridgehead atoms. The molecule has 0 aliphatic heterocycles. The van der Waals surface area contributed by atoms with Crippen molar-refractivity contribution in [1.82, 2.24) is 16.0 Å². The van der Waals surface area contributed by atoms with Crippen molar-refractivity contribution in [3.8, 4) is 17.2 Å². The third kappa shape index (κ3) is 11.2. The monoisotopic (exact) mass is 638 g/mol. The SMILES string of the molecule is BC(=O)Nc1ccc(O)c(C(=O)NCCOC(=O)NCCNC(=O)c2cc(OCc3ccccc3)ccc2OCc2ccccc2)c1. The topological polar surface area (TPSA) is 164 Å². The Morgan fingerprint density at radius 3 is 1.96 bits per heavy atom. The molecule has 4 amide bonds. The largest absolute Gasteiger partial charge is 0.507 e. The number of hydrogen-bond donors (Lipinski definition) is 5. The van der Waals surface area contributed by atoms with E-state index in [0.29, 0.717) is 23.8 Å². The van der Waals surface area contributed by atoms with Crippen LogP contribution in [0.1, 0.15) is 31.8 Å². The van der Waals surface area contributed by atoms with Crippen molar-refractivity contribution in [3.05, 3.63) is 119 Å². The van der Waals surface area contributed by atoms with Crippen LogP contribution in [0.4, 0.5) is 15.3 Å². The predicted molar refractivity (Wildman–Crippen MR) is 178 cm³/mol. The van der Waals surface area contributed by atoms with E-state index in [9.17, 15) is 24.3 Å². The molecule has 0 spiro atoms. The molecule has 0 aliphatic carbocycles. The van der Waals surface area contributed by atoms with E-state index in [2.05, 4.69) is 21.3 Å². The van der Waals surface area contributed by atoms with E-state index in [1.54, 1.807) is 18.2 Å². The molecule has 0 fully saturated rings. The Morgan fingerprint density at radius 1 is 0.660 bits per heavy atom. The maximum Gasteiger partial charge on any atom is 0.407 e. The number of anilines is 1. The number of carbonyl (C=O) groups excluding carboxylic acids is 4. The van der Waals surface area contributed by atoms with E-state index >= 15 is 0 Å². The van der Waals surface area contributed by atoms with E-state index in [-0.39, 0.29) is 55.5 Å². The number of rotatable bonds is 15. The summed E-state index contributed by atoms with van der Waals surface area (Å²) in [6, 6.07) is 28.4. The van der Waals surface area contributed by atoms with Crippen molar-refractivity contribution >= 4 is 37.2 Å². The van der Waals surface area contributed by atoms with Gasteiger partial charge in [0.05, 0.1) is 17.7 Å². The molecule has 4 aromatic carbocycles. The Hall–Kier alpha value is -5.98. The van der Waals surface area contributed by atoms with Gasteiger partial charge in [-0.05, 0) is 47.5 Å². The van der Waals surface area contributed by atoms with E-state index < -0.39 is 17.9 Å². The van der Waals surface area contributed by atoms with Gasteiger partial charge < -0.3 is 40.6 Å². The van der Waals surface area contributed by atoms with E-state index in [1.807, 2.05) is 60.7 Å². The molecule has 0 saturated carbocycles. The molecule has 0 unspecified atom stereocenters. The maximum atomic E-state index is 13.2. The summed E-state index contributed by atoms with van der Waals surface area (Å²) in [5.41, 5.74) is 2.51. The van der Waals surface area contributed by atoms with Gasteiger partial charge in [0.25, 0.3) is 11.8 Å². The summed E-state index contributed by atoms with van der Waals surface area (Å²) in [4.78, 5) is 48.9. The molecule has 0 atom stereocenters. The van der Waals surface area contributed by atoms with Crippen LogP contribution in [0.25, 0.3) is 0 Å². The number of carbonyl (C=O) groups is 4. The summed E-state index contributed by atoms with van der Waals surface area (Å²) < 4.78 is 16.9. The maximum absolute atomic E-state index is 13.2. The number of ether oxygens (including phenoxy) is 3. The summed E-state index contributed by atoms with van der Waals surface area (Å²) in [7, 11) is 1.32. The molecule has 13 heteroatoms. The molecular weight excluding hydrogens is 603 g/mol. The molecule has 4 aromatic rings. The number of alkyl carbamates (subject to hydrolysis) is 1. The minimum absolute atomic E-state index is 0.0266. The molecule has 0 aromatic heterocycles. The van der Waals surface area contributed by atoms with Gasteiger partial charge in [0.15, 0.2) is 5.81 Å². The van der Waals surface area contributed by atoms with Crippen LogP contribution in [0, 0.1) is 0 Å². The molecular formula is C34H35BN4O8. The Kier molecular flexibility index (Phi) is 12.6. The van der Waals surface area contributed by atoms with Crippen LogP contribution in [0.3, 0.4) is 0 Å². The molecule has 0 saturated heterocycles. The number of phenolic OH excluding ortho intramolecular Hbond substituents is 1. The number of benzene rings is 4. The quantitative estimate of drug-likeness (QED) is 0.0749. The van der Waals surface area contributed by atoms with Crippen molar-refractivity contribution in [2.75, 3.05) is 31.6 Å². The summed E-state index contributed by atoms with van der Waals surface area (Å²) in [6.07, 6.45) is -0.743. The number of phenols is 1. The molecule has 242 valence electrons. The highest BCUT2D eigenvalue weighted by atomic mass is 16.5. The Bertz CT molecular complexity index is 1670. The van der Waals surface area contributed by atoms with E-state index in [4.69, 9.17) is 14.2 Å². The van der Waals surface area contributed by atoms with Gasteiger partial charge in [0, 0.05) is 18.8 Å². The van der Waals surface area contributed by atoms with Gasteiger partial charge in [-0.1, -0.05) is 60.7 Å². The van der Waals surface area contributed by atoms with Crippen LogP contribution in [-0.4, -0.2) is 62.9 Å². The first-order valence-corrected chi connectivity index (χ1v) is 14.8. The van der Waals surface area contributed by atoms with Gasteiger partial charge in [-0.3, -0.25) is 14.4 Å². The third-order valence-corrected chi connectivity index (χ3v) is 6.54. The van der Waals surface area contributed by atoms with Gasteiger partial charge in [-0.15, -0.1) is 0 Å². The second-order valence-corrected chi connectivity index (χ2v) is 10.2. The van der Waals surface area contributed by atoms with E-state index in [1.165, 1.54) is 26.0 Å². The lowest BCUT2D eigenvalue weighted by molar-refractivity contribution is 0.0931. The predicted octanol–water partition coefficient (Wildman–Crippen LogP) is 3.60. The zero-order chi connectivity index (χ0) is 33.4. The normalized spacial score (nSPS) is 10.3. The molecule has 47 heavy (non-hydrogen) atoms. The second-order valence-electron chi connectivity index (χ2n) is 10.2. The minimum Gasteiger partial charge on any atom is -0.507 e. The first-order chi connectivity index (χ1) is 22.8. The van der Waals surface area contributed by atoms with Gasteiger partial charge in [0.1, 0.15) is 37.1 Å². The standard InChI is InChI=1S/C34H35BN4O8/c35-33(43)39-25-11-13-29(40)27(19-25)31(41)37-17-18-45-34(44)38-16-15-36-32(42)28-20-26(46-21-23-7-3-1-4-8-23)12-14-30(28)47-22-24-9-5-2-6-10-24/h1-14,19-20,40H,15-18,21-22,35H2,(H,36,42)(H,37,41)(H,38,44)(H,39,43). The minimum atomic E-state index is -0.743. The van der Waals surface area contributed by atoms with Crippen LogP contribution >= 0.6 is 0 Å². The number of amides is 4. The van der Waals surface area contributed by atoms with Crippen LogP contribution in [0.15, 0.2) is 97.1 Å². The summed E-state index contributed by atoms with van der Waals surface area (Å²) in [5.74, 6) is -0.737. The summed E-state index contributed by atoms with van der Waals surface area (Å²) in [5, 5.41) is 20.3. The second kappa shape index (κ2) is 17.5. The average molecular weight is 638 g/mol. The molecule has 0 aliphatic rings. The zero-order valence-corrected chi connectivity index (χ0v) is 25.8. The third-order valence-electron chi connectivity index (χ3n) is 6.54. The highest BCUT2D eigenvalue weighted by Gasteiger charge is 2.16. The Morgan fingerprint density at radius 2 is 1.28 bits per heavy atom. The van der Waals surface area contributed by atoms with Gasteiger partial charge in [-0.25, -0.2) is 4.79 Å². The molecule has 12 nitrogen and oxygen atoms in total. The first kappa shape index (κ1) is 33.9. The van der Waals surface area contributed by atoms with Crippen molar-refractivity contribution < 1.29 is 38.5 Å². The van der Waals surface area contributed by atoms with E-state index in [0.717, 1.165) is 11.1 Å². The lowest BCUT2D eigenvalue weighted by atomic mass is 10.1. The fourth-order valence-electron chi connectivity index (χ4n) is 4.27. The zero-order valence-electron chi connectivity index (χ0n) is 25.8. The van der Waals surface area contributed by atoms with Crippen LogP contribution in [0.2, 0.25) is 0 Å². The summed E-state index contributed by atoms with van der Waals surface area (Å²) in [6.45, 7) is 0.599. The lowest BCUT2D eigenvalue weighted by Gasteiger charge is -2.14. The molecule has 0 radical (unpaired) electrons. The highest BCUT2D eigenvalue weighted by molar-refractivity contribution is 6.60. The van der Waals surface area contributed by atoms with Crippen LogP contribution in [0.5, 0.6) is 17.2 Å². The van der Waals surface area contributed by atoms with Crippen molar-refractivity contribution in [1.29, 1.82) is 0 Å².